The van der Waals surface area contributed by atoms with E-state index in [-0.39, 0.29) is 30.9 Å². The number of nitrogens with one attached hydrogen (secondary N) is 1. The zero-order valence-electron chi connectivity index (χ0n) is 15.3. The third-order valence-corrected chi connectivity index (χ3v) is 7.89. The van der Waals surface area contributed by atoms with E-state index >= 15 is 0 Å². The number of anilines is 1. The van der Waals surface area contributed by atoms with Crippen LogP contribution < -0.4 is 5.32 Å². The van der Waals surface area contributed by atoms with Crippen molar-refractivity contribution >= 4 is 65.2 Å². The predicted octanol–water partition coefficient (Wildman–Crippen LogP) is 6.34. The molecule has 11 heteroatoms. The van der Waals surface area contributed by atoms with E-state index in [9.17, 15) is 18.0 Å². The van der Waals surface area contributed by atoms with Crippen molar-refractivity contribution in [3.8, 4) is 0 Å². The van der Waals surface area contributed by atoms with Crippen LogP contribution in [0.1, 0.15) is 46.6 Å². The molecular formula is C15H23Br2ClF3N3OS. The number of alkyl halides is 5. The number of nitrogens with zero attached hydrogens (tertiary/aromatic N) is 2. The van der Waals surface area contributed by atoms with Gasteiger partial charge in [0.15, 0.2) is 0 Å². The Hall–Kier alpha value is 0.0700. The highest BCUT2D eigenvalue weighted by Gasteiger charge is 2.35. The summed E-state index contributed by atoms with van der Waals surface area (Å²) < 4.78 is 36.8. The minimum atomic E-state index is -4.42. The Labute approximate surface area is 177 Å². The molecular weight excluding hydrogens is 523 g/mol. The highest BCUT2D eigenvalue weighted by molar-refractivity contribution is 9.10. The third kappa shape index (κ3) is 9.85. The number of carbonyl (C=O) groups excluding carboxylic acids is 1. The summed E-state index contributed by atoms with van der Waals surface area (Å²) >= 11 is 12.4. The fourth-order valence-corrected chi connectivity index (χ4v) is 2.34. The highest BCUT2D eigenvalue weighted by Crippen LogP contribution is 2.33. The molecule has 1 aromatic rings. The molecule has 0 bridgehead atoms. The molecule has 0 radical (unpaired) electrons. The van der Waals surface area contributed by atoms with Gasteiger partial charge in [-0.05, 0) is 22.4 Å². The number of rotatable bonds is 4. The maximum absolute atomic E-state index is 12.3. The number of halogens is 6. The van der Waals surface area contributed by atoms with E-state index in [4.69, 9.17) is 11.6 Å². The zero-order chi connectivity index (χ0) is 20.9. The van der Waals surface area contributed by atoms with Crippen molar-refractivity contribution in [3.63, 3.8) is 0 Å². The minimum absolute atomic E-state index is 0.0184. The predicted molar refractivity (Wildman–Crippen MR) is 109 cm³/mol. The second-order valence-corrected chi connectivity index (χ2v) is 11.0. The van der Waals surface area contributed by atoms with Gasteiger partial charge in [-0.25, -0.2) is 0 Å². The van der Waals surface area contributed by atoms with Crippen molar-refractivity contribution in [2.45, 2.75) is 57.4 Å². The minimum Gasteiger partial charge on any atom is -0.359 e. The normalized spacial score (nSPS) is 14.9. The molecule has 0 spiro atoms. The van der Waals surface area contributed by atoms with Gasteiger partial charge in [-0.15, -0.1) is 10.2 Å². The lowest BCUT2D eigenvalue weighted by atomic mass is 9.92. The molecule has 0 aliphatic rings. The molecule has 0 fully saturated rings. The molecule has 4 nitrogen and oxygen atoms in total. The van der Waals surface area contributed by atoms with Crippen LogP contribution in [0.15, 0.2) is 0 Å². The Balaban J connectivity index is 0.000000590. The summed E-state index contributed by atoms with van der Waals surface area (Å²) in [5, 5.41) is 8.31. The molecule has 1 N–H and O–H groups in total. The Morgan fingerprint density at radius 2 is 1.62 bits per heavy atom. The summed E-state index contributed by atoms with van der Waals surface area (Å²) in [7, 11) is 0. The van der Waals surface area contributed by atoms with Gasteiger partial charge in [0.25, 0.3) is 0 Å². The van der Waals surface area contributed by atoms with Crippen molar-refractivity contribution in [1.29, 1.82) is 0 Å². The fourth-order valence-electron chi connectivity index (χ4n) is 1.23. The van der Waals surface area contributed by atoms with Crippen molar-refractivity contribution in [3.05, 3.63) is 5.01 Å². The van der Waals surface area contributed by atoms with Crippen LogP contribution in [-0.4, -0.2) is 31.6 Å². The zero-order valence-corrected chi connectivity index (χ0v) is 20.1. The van der Waals surface area contributed by atoms with Gasteiger partial charge in [0.1, 0.15) is 0 Å². The van der Waals surface area contributed by atoms with Gasteiger partial charge in [0, 0.05) is 11.4 Å². The summed E-state index contributed by atoms with van der Waals surface area (Å²) in [5.41, 5.74) is -0.0661. The lowest BCUT2D eigenvalue weighted by molar-refractivity contribution is -0.138. The van der Waals surface area contributed by atoms with Crippen LogP contribution in [-0.2, 0) is 11.0 Å². The Bertz CT molecular complexity index is 586. The summed E-state index contributed by atoms with van der Waals surface area (Å²) in [6.07, 6.45) is -4.42. The molecule has 2 unspecified atom stereocenters. The number of carbonyl (C=O) groups is 1. The van der Waals surface area contributed by atoms with Crippen molar-refractivity contribution < 1.29 is 18.0 Å². The quantitative estimate of drug-likeness (QED) is 0.354. The molecule has 0 aromatic carbocycles. The van der Waals surface area contributed by atoms with Crippen LogP contribution in [0.2, 0.25) is 0 Å². The molecule has 1 rings (SSSR count). The first kappa shape index (κ1) is 26.1. The standard InChI is InChI=1S/C9H13BrF3N3S.C6H10BrClO/c1-8(2,3)5(10)4-14-7-16-15-6(17-7)9(11,12)13;1-6(2,3)4(7)5(8)9/h5H,4H2,1-3H3,(H,14,16);4H,1-3H3. The van der Waals surface area contributed by atoms with Crippen molar-refractivity contribution in [2.75, 3.05) is 11.9 Å². The highest BCUT2D eigenvalue weighted by atomic mass is 79.9. The SMILES string of the molecule is CC(C)(C)C(Br)C(=O)Cl.CC(C)(C)C(Br)CNc1nnc(C(F)(F)F)s1. The van der Waals surface area contributed by atoms with Crippen LogP contribution in [0.5, 0.6) is 0 Å². The van der Waals surface area contributed by atoms with Gasteiger partial charge in [0.05, 0.1) is 4.83 Å². The monoisotopic (exact) mass is 543 g/mol. The van der Waals surface area contributed by atoms with E-state index in [0.29, 0.717) is 17.9 Å². The van der Waals surface area contributed by atoms with Gasteiger partial charge >= 0.3 is 6.18 Å². The number of hydrogen-bond acceptors (Lipinski definition) is 5. The van der Waals surface area contributed by atoms with Crippen LogP contribution in [0.3, 0.4) is 0 Å². The third-order valence-electron chi connectivity index (χ3n) is 3.00. The maximum Gasteiger partial charge on any atom is 0.445 e. The van der Waals surface area contributed by atoms with Gasteiger partial charge in [-0.3, -0.25) is 4.79 Å². The molecule has 152 valence electrons. The van der Waals surface area contributed by atoms with Crippen LogP contribution in [0.4, 0.5) is 18.3 Å². The van der Waals surface area contributed by atoms with E-state index in [2.05, 4.69) is 47.4 Å². The second kappa shape index (κ2) is 10.0. The Kier molecular flexibility index (Phi) is 10.0. The van der Waals surface area contributed by atoms with Crippen molar-refractivity contribution in [1.82, 2.24) is 10.2 Å². The van der Waals surface area contributed by atoms with Crippen LogP contribution in [0, 0.1) is 10.8 Å². The van der Waals surface area contributed by atoms with E-state index < -0.39 is 11.2 Å². The maximum atomic E-state index is 12.3. The lowest BCUT2D eigenvalue weighted by Gasteiger charge is -2.25. The van der Waals surface area contributed by atoms with Crippen LogP contribution >= 0.6 is 54.8 Å². The van der Waals surface area contributed by atoms with Gasteiger partial charge in [0.2, 0.25) is 15.4 Å². The second-order valence-electron chi connectivity index (χ2n) is 7.66. The van der Waals surface area contributed by atoms with E-state index in [0.717, 1.165) is 0 Å². The first-order valence-electron chi connectivity index (χ1n) is 7.58. The summed E-state index contributed by atoms with van der Waals surface area (Å²) in [4.78, 5) is 10.4. The largest absolute Gasteiger partial charge is 0.445 e. The topological polar surface area (TPSA) is 54.9 Å². The number of aromatic nitrogens is 2. The van der Waals surface area contributed by atoms with Crippen LogP contribution in [0.25, 0.3) is 0 Å². The average molecular weight is 546 g/mol. The van der Waals surface area contributed by atoms with Gasteiger partial charge < -0.3 is 5.32 Å². The molecule has 0 saturated heterocycles. The Morgan fingerprint density at radius 3 is 1.88 bits per heavy atom. The van der Waals surface area contributed by atoms with Gasteiger partial charge in [-0.2, -0.15) is 13.2 Å². The van der Waals surface area contributed by atoms with E-state index in [1.54, 1.807) is 0 Å². The lowest BCUT2D eigenvalue weighted by Crippen LogP contribution is -2.27. The summed E-state index contributed by atoms with van der Waals surface area (Å²) in [6, 6.07) is 0. The van der Waals surface area contributed by atoms with Gasteiger partial charge in [-0.1, -0.05) is 84.7 Å². The van der Waals surface area contributed by atoms with Crippen molar-refractivity contribution in [2.24, 2.45) is 10.8 Å². The molecule has 1 aromatic heterocycles. The molecule has 2 atom stereocenters. The number of hydrogen-bond donors (Lipinski definition) is 1. The van der Waals surface area contributed by atoms with E-state index in [1.165, 1.54) is 0 Å². The molecule has 26 heavy (non-hydrogen) atoms. The first-order valence-corrected chi connectivity index (χ1v) is 10.6. The Morgan fingerprint density at radius 1 is 1.12 bits per heavy atom. The first-order chi connectivity index (χ1) is 11.5. The summed E-state index contributed by atoms with van der Waals surface area (Å²) in [6.45, 7) is 12.5. The molecule has 0 amide bonds. The fraction of sp³-hybridized carbons (Fsp3) is 0.800. The molecule has 1 heterocycles. The molecule has 0 aliphatic carbocycles. The van der Waals surface area contributed by atoms with E-state index in [1.807, 2.05) is 41.5 Å². The summed E-state index contributed by atoms with van der Waals surface area (Å²) in [5.74, 6) is 0. The average Bonchev–Trinajstić information content (AvgIpc) is 2.91. The molecule has 0 aliphatic heterocycles. The molecule has 0 saturated carbocycles. The smallest absolute Gasteiger partial charge is 0.359 e.